The molecule has 0 aliphatic heterocycles. The number of aliphatic hydroxyl groups excluding tert-OH is 1. The van der Waals surface area contributed by atoms with Crippen molar-refractivity contribution in [3.8, 4) is 0 Å². The van der Waals surface area contributed by atoms with Crippen LogP contribution in [0.25, 0.3) is 0 Å². The second-order valence-electron chi connectivity index (χ2n) is 4.70. The van der Waals surface area contributed by atoms with E-state index >= 15 is 0 Å². The lowest BCUT2D eigenvalue weighted by Gasteiger charge is -2.26. The number of carbonyl (C=O) groups excluding carboxylic acids is 1. The van der Waals surface area contributed by atoms with Gasteiger partial charge in [0.2, 0.25) is 0 Å². The van der Waals surface area contributed by atoms with Crippen LogP contribution in [-0.2, 0) is 4.74 Å². The number of hydrogen-bond acceptors (Lipinski definition) is 4. The van der Waals surface area contributed by atoms with Crippen molar-refractivity contribution in [3.63, 3.8) is 0 Å². The Bertz CT molecular complexity index is 404. The molecule has 0 aliphatic rings. The van der Waals surface area contributed by atoms with Gasteiger partial charge in [-0.1, -0.05) is 26.0 Å². The van der Waals surface area contributed by atoms with Crippen LogP contribution in [0.3, 0.4) is 0 Å². The molecule has 1 unspecified atom stereocenters. The van der Waals surface area contributed by atoms with Crippen LogP contribution < -0.4 is 4.90 Å². The van der Waals surface area contributed by atoms with E-state index in [9.17, 15) is 9.90 Å². The first-order valence-electron chi connectivity index (χ1n) is 6.04. The predicted octanol–water partition coefficient (Wildman–Crippen LogP) is 1.93. The predicted molar refractivity (Wildman–Crippen MR) is 71.9 cm³/mol. The van der Waals surface area contributed by atoms with Gasteiger partial charge in [0.25, 0.3) is 0 Å². The molecule has 4 nitrogen and oxygen atoms in total. The molecule has 0 saturated carbocycles. The molecule has 0 fully saturated rings. The first-order chi connectivity index (χ1) is 8.47. The molecule has 0 radical (unpaired) electrons. The Hall–Kier alpha value is -1.55. The molecule has 0 heterocycles. The molecule has 1 atom stereocenters. The van der Waals surface area contributed by atoms with Crippen molar-refractivity contribution >= 4 is 11.7 Å². The standard InChI is InChI=1S/C14H21NO3/c1-10(2)13(16)9-15(3)12-8-6-5-7-11(12)14(17)18-4/h5-8,10,13,16H,9H2,1-4H3. The van der Waals surface area contributed by atoms with Gasteiger partial charge in [0.1, 0.15) is 0 Å². The number of para-hydroxylation sites is 1. The van der Waals surface area contributed by atoms with Gasteiger partial charge in [-0.05, 0) is 18.1 Å². The topological polar surface area (TPSA) is 49.8 Å². The summed E-state index contributed by atoms with van der Waals surface area (Å²) in [6.45, 7) is 4.40. The number of nitrogens with zero attached hydrogens (tertiary/aromatic N) is 1. The highest BCUT2D eigenvalue weighted by Crippen LogP contribution is 2.20. The van der Waals surface area contributed by atoms with E-state index in [1.165, 1.54) is 7.11 Å². The molecule has 0 bridgehead atoms. The van der Waals surface area contributed by atoms with E-state index in [0.29, 0.717) is 12.1 Å². The van der Waals surface area contributed by atoms with Crippen molar-refractivity contribution in [2.75, 3.05) is 25.6 Å². The molecular formula is C14H21NO3. The molecule has 0 amide bonds. The van der Waals surface area contributed by atoms with Gasteiger partial charge in [-0.3, -0.25) is 0 Å². The molecule has 1 rings (SSSR count). The van der Waals surface area contributed by atoms with Crippen molar-refractivity contribution in [3.05, 3.63) is 29.8 Å². The van der Waals surface area contributed by atoms with Gasteiger partial charge < -0.3 is 14.7 Å². The van der Waals surface area contributed by atoms with Crippen LogP contribution in [0.1, 0.15) is 24.2 Å². The lowest BCUT2D eigenvalue weighted by molar-refractivity contribution is 0.0601. The molecule has 0 aliphatic carbocycles. The summed E-state index contributed by atoms with van der Waals surface area (Å²) in [4.78, 5) is 13.5. The number of anilines is 1. The van der Waals surface area contributed by atoms with Crippen LogP contribution in [0.2, 0.25) is 0 Å². The third-order valence-electron chi connectivity index (χ3n) is 2.95. The third-order valence-corrected chi connectivity index (χ3v) is 2.95. The van der Waals surface area contributed by atoms with E-state index in [2.05, 4.69) is 0 Å². The fourth-order valence-corrected chi connectivity index (χ4v) is 1.68. The molecule has 1 N–H and O–H groups in total. The first kappa shape index (κ1) is 14.5. The summed E-state index contributed by atoms with van der Waals surface area (Å²) in [7, 11) is 3.22. The SMILES string of the molecule is COC(=O)c1ccccc1N(C)CC(O)C(C)C. The highest BCUT2D eigenvalue weighted by molar-refractivity contribution is 5.95. The minimum absolute atomic E-state index is 0.178. The smallest absolute Gasteiger partial charge is 0.339 e. The van der Waals surface area contributed by atoms with E-state index in [0.717, 1.165) is 5.69 Å². The summed E-state index contributed by atoms with van der Waals surface area (Å²) in [5.74, 6) is -0.186. The number of benzene rings is 1. The second kappa shape index (κ2) is 6.40. The molecule has 1 aromatic rings. The number of esters is 1. The van der Waals surface area contributed by atoms with E-state index in [1.807, 2.05) is 37.9 Å². The van der Waals surface area contributed by atoms with E-state index in [4.69, 9.17) is 4.74 Å². The molecule has 18 heavy (non-hydrogen) atoms. The van der Waals surface area contributed by atoms with Gasteiger partial charge >= 0.3 is 5.97 Å². The summed E-state index contributed by atoms with van der Waals surface area (Å²) in [6, 6.07) is 7.22. The number of hydrogen-bond donors (Lipinski definition) is 1. The largest absolute Gasteiger partial charge is 0.465 e. The van der Waals surface area contributed by atoms with Crippen molar-refractivity contribution in [1.29, 1.82) is 0 Å². The minimum Gasteiger partial charge on any atom is -0.465 e. The first-order valence-corrected chi connectivity index (χ1v) is 6.04. The Balaban J connectivity index is 2.91. The van der Waals surface area contributed by atoms with Gasteiger partial charge in [-0.2, -0.15) is 0 Å². The second-order valence-corrected chi connectivity index (χ2v) is 4.70. The van der Waals surface area contributed by atoms with E-state index in [-0.39, 0.29) is 11.9 Å². The molecule has 0 saturated heterocycles. The van der Waals surface area contributed by atoms with Crippen molar-refractivity contribution in [2.24, 2.45) is 5.92 Å². The average Bonchev–Trinajstić information content (AvgIpc) is 2.37. The molecule has 0 aromatic heterocycles. The average molecular weight is 251 g/mol. The maximum absolute atomic E-state index is 11.6. The monoisotopic (exact) mass is 251 g/mol. The molecule has 100 valence electrons. The van der Waals surface area contributed by atoms with Gasteiger partial charge in [0.15, 0.2) is 0 Å². The van der Waals surface area contributed by atoms with Crippen LogP contribution in [0.5, 0.6) is 0 Å². The summed E-state index contributed by atoms with van der Waals surface area (Å²) in [6.07, 6.45) is -0.430. The fourth-order valence-electron chi connectivity index (χ4n) is 1.68. The van der Waals surface area contributed by atoms with Gasteiger partial charge in [-0.15, -0.1) is 0 Å². The Morgan fingerprint density at radius 2 is 2.00 bits per heavy atom. The zero-order valence-corrected chi connectivity index (χ0v) is 11.4. The highest BCUT2D eigenvalue weighted by Gasteiger charge is 2.17. The molecule has 4 heteroatoms. The lowest BCUT2D eigenvalue weighted by Crippen LogP contribution is -2.33. The van der Waals surface area contributed by atoms with Crippen molar-refractivity contribution in [1.82, 2.24) is 0 Å². The molecule has 1 aromatic carbocycles. The Labute approximate surface area is 108 Å². The van der Waals surface area contributed by atoms with Gasteiger partial charge in [0.05, 0.1) is 24.5 Å². The normalized spacial score (nSPS) is 12.3. The van der Waals surface area contributed by atoms with Gasteiger partial charge in [0, 0.05) is 13.6 Å². The zero-order chi connectivity index (χ0) is 13.7. The number of ether oxygens (including phenoxy) is 1. The minimum atomic E-state index is -0.430. The van der Waals surface area contributed by atoms with Crippen LogP contribution in [0.4, 0.5) is 5.69 Å². The van der Waals surface area contributed by atoms with Crippen LogP contribution in [0.15, 0.2) is 24.3 Å². The number of likely N-dealkylation sites (N-methyl/N-ethyl adjacent to an activating group) is 1. The van der Waals surface area contributed by atoms with Crippen molar-refractivity contribution in [2.45, 2.75) is 20.0 Å². The highest BCUT2D eigenvalue weighted by atomic mass is 16.5. The van der Waals surface area contributed by atoms with Gasteiger partial charge in [-0.25, -0.2) is 4.79 Å². The fraction of sp³-hybridized carbons (Fsp3) is 0.500. The van der Waals surface area contributed by atoms with E-state index in [1.54, 1.807) is 12.1 Å². The molecular weight excluding hydrogens is 230 g/mol. The maximum Gasteiger partial charge on any atom is 0.339 e. The van der Waals surface area contributed by atoms with Crippen LogP contribution >= 0.6 is 0 Å². The third kappa shape index (κ3) is 3.47. The lowest BCUT2D eigenvalue weighted by atomic mass is 10.1. The number of rotatable bonds is 5. The van der Waals surface area contributed by atoms with E-state index < -0.39 is 6.10 Å². The molecule has 0 spiro atoms. The number of methoxy groups -OCH3 is 1. The number of aliphatic hydroxyl groups is 1. The maximum atomic E-state index is 11.6. The Morgan fingerprint density at radius 3 is 2.56 bits per heavy atom. The Morgan fingerprint density at radius 1 is 1.39 bits per heavy atom. The number of carbonyl (C=O) groups is 1. The van der Waals surface area contributed by atoms with Crippen molar-refractivity contribution < 1.29 is 14.6 Å². The van der Waals surface area contributed by atoms with Crippen LogP contribution in [-0.4, -0.2) is 37.9 Å². The Kier molecular flexibility index (Phi) is 5.16. The zero-order valence-electron chi connectivity index (χ0n) is 11.4. The van der Waals surface area contributed by atoms with Crippen LogP contribution in [0, 0.1) is 5.92 Å². The summed E-state index contributed by atoms with van der Waals surface area (Å²) < 4.78 is 4.75. The quantitative estimate of drug-likeness (QED) is 0.812. The summed E-state index contributed by atoms with van der Waals surface area (Å²) in [5.41, 5.74) is 1.28. The summed E-state index contributed by atoms with van der Waals surface area (Å²) >= 11 is 0. The summed E-state index contributed by atoms with van der Waals surface area (Å²) in [5, 5.41) is 9.89.